The van der Waals surface area contributed by atoms with Gasteiger partial charge in [0.15, 0.2) is 27.9 Å². The summed E-state index contributed by atoms with van der Waals surface area (Å²) in [5.41, 5.74) is 7.54. The minimum Gasteiger partial charge on any atom is -0.369 e. The molecule has 0 spiro atoms. The maximum absolute atomic E-state index is 11.7. The summed E-state index contributed by atoms with van der Waals surface area (Å²) < 4.78 is 1.39. The zero-order chi connectivity index (χ0) is 23.4. The van der Waals surface area contributed by atoms with Crippen LogP contribution in [0.25, 0.3) is 11.2 Å². The van der Waals surface area contributed by atoms with Crippen LogP contribution < -0.4 is 11.1 Å². The van der Waals surface area contributed by atoms with Crippen LogP contribution in [-0.4, -0.2) is 59.2 Å². The predicted molar refractivity (Wildman–Crippen MR) is 126 cm³/mol. The highest BCUT2D eigenvalue weighted by Gasteiger charge is 2.49. The highest BCUT2D eigenvalue weighted by Crippen LogP contribution is 2.42. The molecular weight excluding hydrogens is 442 g/mol. The standard InChI is InChI=1S/C22H29N7O3S/c1-2-11-33-21-25-19(24-10-6-9-14-7-4-3-5-8-14)17-20(26-21)29(28-27-17)16-12-15(18(23)30)13-22(16,31)32/h3-5,7-8,15-16,31-32H,2,6,9-13H2,1H3,(H2,23,30)(H,24,25,26). The number of carbonyl (C=O) groups is 1. The van der Waals surface area contributed by atoms with E-state index in [1.165, 1.54) is 22.0 Å². The molecule has 1 aliphatic rings. The smallest absolute Gasteiger partial charge is 0.220 e. The molecule has 176 valence electrons. The zero-order valence-electron chi connectivity index (χ0n) is 18.5. The first-order valence-electron chi connectivity index (χ1n) is 11.2. The summed E-state index contributed by atoms with van der Waals surface area (Å²) in [5.74, 6) is -1.95. The van der Waals surface area contributed by atoms with Gasteiger partial charge in [0, 0.05) is 24.6 Å². The van der Waals surface area contributed by atoms with Crippen molar-refractivity contribution in [2.24, 2.45) is 11.7 Å². The molecule has 1 amide bonds. The molecule has 10 nitrogen and oxygen atoms in total. The lowest BCUT2D eigenvalue weighted by Gasteiger charge is -2.23. The van der Waals surface area contributed by atoms with E-state index in [1.54, 1.807) is 0 Å². The fraction of sp³-hybridized carbons (Fsp3) is 0.500. The Bertz CT molecular complexity index is 1110. The van der Waals surface area contributed by atoms with Gasteiger partial charge in [0.05, 0.1) is 0 Å². The average Bonchev–Trinajstić information content (AvgIpc) is 3.35. The normalized spacial score (nSPS) is 19.7. The van der Waals surface area contributed by atoms with Crippen LogP contribution in [0, 0.1) is 5.92 Å². The number of carbonyl (C=O) groups excluding carboxylic acids is 1. The van der Waals surface area contributed by atoms with E-state index in [4.69, 9.17) is 5.73 Å². The quantitative estimate of drug-likeness (QED) is 0.150. The van der Waals surface area contributed by atoms with Crippen LogP contribution in [0.1, 0.15) is 44.2 Å². The van der Waals surface area contributed by atoms with E-state index in [1.807, 2.05) is 18.2 Å². The van der Waals surface area contributed by atoms with Crippen molar-refractivity contribution in [2.75, 3.05) is 17.6 Å². The van der Waals surface area contributed by atoms with E-state index >= 15 is 0 Å². The second kappa shape index (κ2) is 10.0. The van der Waals surface area contributed by atoms with E-state index in [-0.39, 0.29) is 12.8 Å². The number of hydrogen-bond donors (Lipinski definition) is 4. The molecule has 0 radical (unpaired) electrons. The first-order chi connectivity index (χ1) is 15.9. The van der Waals surface area contributed by atoms with Gasteiger partial charge in [-0.05, 0) is 31.2 Å². The number of aryl methyl sites for hydroxylation is 1. The van der Waals surface area contributed by atoms with E-state index in [2.05, 4.69) is 44.7 Å². The van der Waals surface area contributed by atoms with E-state index in [0.717, 1.165) is 25.0 Å². The molecule has 0 saturated heterocycles. The molecule has 0 aliphatic heterocycles. The summed E-state index contributed by atoms with van der Waals surface area (Å²) in [5, 5.41) is 33.4. The van der Waals surface area contributed by atoms with Crippen molar-refractivity contribution >= 4 is 34.7 Å². The number of aliphatic hydroxyl groups is 2. The van der Waals surface area contributed by atoms with Crippen LogP contribution in [0.5, 0.6) is 0 Å². The lowest BCUT2D eigenvalue weighted by atomic mass is 10.1. The Morgan fingerprint density at radius 3 is 2.79 bits per heavy atom. The van der Waals surface area contributed by atoms with Crippen molar-refractivity contribution in [2.45, 2.75) is 56.0 Å². The molecule has 4 rings (SSSR count). The van der Waals surface area contributed by atoms with Crippen molar-refractivity contribution < 1.29 is 15.0 Å². The second-order valence-corrected chi connectivity index (χ2v) is 9.42. The third kappa shape index (κ3) is 5.26. The third-order valence-electron chi connectivity index (χ3n) is 5.80. The summed E-state index contributed by atoms with van der Waals surface area (Å²) in [7, 11) is 0. The maximum Gasteiger partial charge on any atom is 0.220 e. The number of amides is 1. The van der Waals surface area contributed by atoms with Crippen LogP contribution in [0.4, 0.5) is 5.82 Å². The summed E-state index contributed by atoms with van der Waals surface area (Å²) in [6.07, 6.45) is 2.80. The molecule has 2 heterocycles. The number of thioether (sulfide) groups is 1. The van der Waals surface area contributed by atoms with Gasteiger partial charge in [-0.2, -0.15) is 0 Å². The van der Waals surface area contributed by atoms with Gasteiger partial charge in [-0.1, -0.05) is 54.2 Å². The first-order valence-corrected chi connectivity index (χ1v) is 12.1. The summed E-state index contributed by atoms with van der Waals surface area (Å²) in [6.45, 7) is 2.76. The Kier molecular flexibility index (Phi) is 7.11. The Morgan fingerprint density at radius 2 is 2.09 bits per heavy atom. The molecule has 1 saturated carbocycles. The van der Waals surface area contributed by atoms with Crippen molar-refractivity contribution in [3.63, 3.8) is 0 Å². The highest BCUT2D eigenvalue weighted by molar-refractivity contribution is 7.99. The van der Waals surface area contributed by atoms with Gasteiger partial charge >= 0.3 is 0 Å². The number of aromatic nitrogens is 5. The Hall–Kier alpha value is -2.76. The number of hydrogen-bond acceptors (Lipinski definition) is 9. The monoisotopic (exact) mass is 471 g/mol. The molecule has 1 aliphatic carbocycles. The minimum absolute atomic E-state index is 0.151. The van der Waals surface area contributed by atoms with Crippen molar-refractivity contribution in [1.29, 1.82) is 0 Å². The van der Waals surface area contributed by atoms with E-state index in [9.17, 15) is 15.0 Å². The molecule has 1 aromatic carbocycles. The fourth-order valence-electron chi connectivity index (χ4n) is 4.10. The molecule has 2 aromatic heterocycles. The lowest BCUT2D eigenvalue weighted by Crippen LogP contribution is -2.35. The van der Waals surface area contributed by atoms with Gasteiger partial charge in [0.2, 0.25) is 5.91 Å². The van der Waals surface area contributed by atoms with Crippen LogP contribution in [0.15, 0.2) is 35.5 Å². The molecule has 33 heavy (non-hydrogen) atoms. The summed E-state index contributed by atoms with van der Waals surface area (Å²) in [4.78, 5) is 20.9. The number of benzene rings is 1. The third-order valence-corrected chi connectivity index (χ3v) is 6.85. The Balaban J connectivity index is 1.59. The first kappa shape index (κ1) is 23.4. The van der Waals surface area contributed by atoms with E-state index < -0.39 is 23.7 Å². The predicted octanol–water partition coefficient (Wildman–Crippen LogP) is 1.89. The SMILES string of the molecule is CCCSc1nc(NCCCc2ccccc2)c2nnn(C3CC(C(N)=O)CC3(O)O)c2n1. The van der Waals surface area contributed by atoms with Crippen molar-refractivity contribution in [3.8, 4) is 0 Å². The number of fused-ring (bicyclic) bond motifs is 1. The van der Waals surface area contributed by atoms with Crippen molar-refractivity contribution in [3.05, 3.63) is 35.9 Å². The number of nitrogens with two attached hydrogens (primary N) is 1. The molecular formula is C22H29N7O3S. The molecule has 3 aromatic rings. The van der Waals surface area contributed by atoms with E-state index in [0.29, 0.717) is 28.7 Å². The fourth-order valence-corrected chi connectivity index (χ4v) is 4.79. The molecule has 1 fully saturated rings. The lowest BCUT2D eigenvalue weighted by molar-refractivity contribution is -0.183. The van der Waals surface area contributed by atoms with Crippen molar-refractivity contribution in [1.82, 2.24) is 25.0 Å². The number of rotatable bonds is 10. The number of primary amides is 1. The highest BCUT2D eigenvalue weighted by atomic mass is 32.2. The van der Waals surface area contributed by atoms with Crippen LogP contribution >= 0.6 is 11.8 Å². The number of nitrogens with one attached hydrogen (secondary N) is 1. The van der Waals surface area contributed by atoms with Crippen LogP contribution in [0.3, 0.4) is 0 Å². The topological polar surface area (TPSA) is 152 Å². The molecule has 11 heteroatoms. The Morgan fingerprint density at radius 1 is 1.30 bits per heavy atom. The average molecular weight is 472 g/mol. The summed E-state index contributed by atoms with van der Waals surface area (Å²) >= 11 is 1.52. The van der Waals surface area contributed by atoms with Gasteiger partial charge in [-0.3, -0.25) is 4.79 Å². The second-order valence-electron chi connectivity index (χ2n) is 8.36. The van der Waals surface area contributed by atoms with Gasteiger partial charge in [0.1, 0.15) is 6.04 Å². The van der Waals surface area contributed by atoms with Gasteiger partial charge in [-0.15, -0.1) is 5.10 Å². The van der Waals surface area contributed by atoms with Gasteiger partial charge in [-0.25, -0.2) is 14.6 Å². The Labute approximate surface area is 196 Å². The van der Waals surface area contributed by atoms with Gasteiger partial charge in [0.25, 0.3) is 0 Å². The molecule has 2 unspecified atom stereocenters. The van der Waals surface area contributed by atoms with Gasteiger partial charge < -0.3 is 21.3 Å². The largest absolute Gasteiger partial charge is 0.369 e. The maximum atomic E-state index is 11.7. The molecule has 2 atom stereocenters. The zero-order valence-corrected chi connectivity index (χ0v) is 19.3. The van der Waals surface area contributed by atoms with Crippen LogP contribution in [0.2, 0.25) is 0 Å². The minimum atomic E-state index is -2.13. The number of nitrogens with zero attached hydrogens (tertiary/aromatic N) is 5. The molecule has 0 bridgehead atoms. The van der Waals surface area contributed by atoms with Crippen LogP contribution in [-0.2, 0) is 11.2 Å². The summed E-state index contributed by atoms with van der Waals surface area (Å²) in [6, 6.07) is 9.38. The number of anilines is 1. The molecule has 5 N–H and O–H groups in total.